The Morgan fingerprint density at radius 1 is 1.10 bits per heavy atom. The van der Waals surface area contributed by atoms with Crippen LogP contribution in [0, 0.1) is 0 Å². The Kier molecular flexibility index (Phi) is 4.78. The predicted octanol–water partition coefficient (Wildman–Crippen LogP) is 5.07. The van der Waals surface area contributed by atoms with Gasteiger partial charge in [-0.15, -0.1) is 23.5 Å². The number of hydrogen-bond acceptors (Lipinski definition) is 3. The van der Waals surface area contributed by atoms with Crippen molar-refractivity contribution >= 4 is 46.7 Å². The predicted molar refractivity (Wildman–Crippen MR) is 93.5 cm³/mol. The van der Waals surface area contributed by atoms with Gasteiger partial charge in [-0.1, -0.05) is 29.8 Å². The van der Waals surface area contributed by atoms with Gasteiger partial charge in [0.25, 0.3) is 5.91 Å². The Morgan fingerprint density at radius 3 is 2.48 bits per heavy atom. The van der Waals surface area contributed by atoms with E-state index in [0.29, 0.717) is 20.9 Å². The Morgan fingerprint density at radius 2 is 1.81 bits per heavy atom. The normalized spacial score (nSPS) is 15.1. The lowest BCUT2D eigenvalue weighted by molar-refractivity contribution is 0.102. The third-order valence-corrected chi connectivity index (χ3v) is 6.49. The van der Waals surface area contributed by atoms with Gasteiger partial charge in [0.15, 0.2) is 0 Å². The zero-order valence-electron chi connectivity index (χ0n) is 11.2. The fourth-order valence-corrected chi connectivity index (χ4v) is 5.16. The molecule has 0 saturated carbocycles. The number of halogens is 1. The van der Waals surface area contributed by atoms with Crippen molar-refractivity contribution in [1.29, 1.82) is 0 Å². The Labute approximate surface area is 137 Å². The van der Waals surface area contributed by atoms with E-state index in [1.807, 2.05) is 59.9 Å². The number of carbonyl (C=O) groups is 1. The minimum Gasteiger partial charge on any atom is -0.322 e. The Hall–Kier alpha value is -1.10. The topological polar surface area (TPSA) is 29.1 Å². The number of thioether (sulfide) groups is 2. The first-order valence-electron chi connectivity index (χ1n) is 6.62. The van der Waals surface area contributed by atoms with E-state index >= 15 is 0 Å². The molecule has 1 aliphatic rings. The van der Waals surface area contributed by atoms with Crippen LogP contribution in [0.15, 0.2) is 48.5 Å². The van der Waals surface area contributed by atoms with Crippen molar-refractivity contribution in [2.75, 3.05) is 16.8 Å². The molecule has 0 radical (unpaired) electrons. The lowest BCUT2D eigenvalue weighted by Crippen LogP contribution is -2.11. The zero-order valence-corrected chi connectivity index (χ0v) is 13.6. The van der Waals surface area contributed by atoms with E-state index in [0.717, 1.165) is 0 Å². The maximum Gasteiger partial charge on any atom is 0.255 e. The summed E-state index contributed by atoms with van der Waals surface area (Å²) in [5.74, 6) is 2.29. The highest BCUT2D eigenvalue weighted by Crippen LogP contribution is 2.45. The zero-order chi connectivity index (χ0) is 14.7. The van der Waals surface area contributed by atoms with Crippen LogP contribution >= 0.6 is 35.1 Å². The maximum atomic E-state index is 12.2. The Bertz CT molecular complexity index is 639. The number of carbonyl (C=O) groups excluding carboxylic acids is 1. The van der Waals surface area contributed by atoms with E-state index < -0.39 is 0 Å². The van der Waals surface area contributed by atoms with E-state index in [-0.39, 0.29) is 5.91 Å². The summed E-state index contributed by atoms with van der Waals surface area (Å²) >= 11 is 9.84. The molecule has 2 aromatic carbocycles. The second kappa shape index (κ2) is 6.77. The molecule has 2 aromatic rings. The molecule has 21 heavy (non-hydrogen) atoms. The average molecular weight is 336 g/mol. The number of amides is 1. The van der Waals surface area contributed by atoms with Crippen molar-refractivity contribution in [3.8, 4) is 0 Å². The van der Waals surface area contributed by atoms with Gasteiger partial charge in [0.05, 0.1) is 4.58 Å². The van der Waals surface area contributed by atoms with Crippen molar-refractivity contribution < 1.29 is 4.79 Å². The quantitative estimate of drug-likeness (QED) is 0.849. The first-order valence-corrected chi connectivity index (χ1v) is 9.10. The molecule has 2 nitrogen and oxygen atoms in total. The van der Waals surface area contributed by atoms with Crippen LogP contribution in [0.25, 0.3) is 0 Å². The van der Waals surface area contributed by atoms with Crippen molar-refractivity contribution in [3.05, 3.63) is 64.7 Å². The monoisotopic (exact) mass is 335 g/mol. The largest absolute Gasteiger partial charge is 0.322 e. The molecule has 0 aliphatic carbocycles. The van der Waals surface area contributed by atoms with Crippen LogP contribution in [0.2, 0.25) is 5.02 Å². The van der Waals surface area contributed by atoms with Gasteiger partial charge in [-0.3, -0.25) is 4.79 Å². The number of hydrogen-bond donors (Lipinski definition) is 1. The smallest absolute Gasteiger partial charge is 0.255 e. The fraction of sp³-hybridized carbons (Fsp3) is 0.188. The van der Waals surface area contributed by atoms with Gasteiger partial charge in [0.1, 0.15) is 0 Å². The summed E-state index contributed by atoms with van der Waals surface area (Å²) in [6.45, 7) is 0. The van der Waals surface area contributed by atoms with Gasteiger partial charge in [0, 0.05) is 27.8 Å². The average Bonchev–Trinajstić information content (AvgIpc) is 3.01. The lowest BCUT2D eigenvalue weighted by Gasteiger charge is -2.09. The molecular formula is C16H14ClNOS2. The van der Waals surface area contributed by atoms with Crippen LogP contribution in [-0.4, -0.2) is 17.4 Å². The SMILES string of the molecule is O=C(Nc1cccc(Cl)c1)c1ccc(C2SCCS2)cc1. The molecule has 1 aliphatic heterocycles. The van der Waals surface area contributed by atoms with Gasteiger partial charge in [0.2, 0.25) is 0 Å². The van der Waals surface area contributed by atoms with Crippen LogP contribution in [0.4, 0.5) is 5.69 Å². The molecule has 1 fully saturated rings. The van der Waals surface area contributed by atoms with Crippen LogP contribution in [0.3, 0.4) is 0 Å². The van der Waals surface area contributed by atoms with Gasteiger partial charge in [-0.2, -0.15) is 0 Å². The minimum atomic E-state index is -0.115. The first-order chi connectivity index (χ1) is 10.2. The summed E-state index contributed by atoms with van der Waals surface area (Å²) < 4.78 is 0.509. The lowest BCUT2D eigenvalue weighted by atomic mass is 10.1. The molecule has 1 heterocycles. The minimum absolute atomic E-state index is 0.115. The van der Waals surface area contributed by atoms with Crippen molar-refractivity contribution in [1.82, 2.24) is 0 Å². The second-order valence-corrected chi connectivity index (χ2v) is 7.82. The molecule has 1 N–H and O–H groups in total. The molecule has 0 spiro atoms. The summed E-state index contributed by atoms with van der Waals surface area (Å²) in [5, 5.41) is 3.46. The van der Waals surface area contributed by atoms with E-state index in [2.05, 4.69) is 5.32 Å². The highest BCUT2D eigenvalue weighted by atomic mass is 35.5. The molecule has 0 unspecified atom stereocenters. The van der Waals surface area contributed by atoms with Gasteiger partial charge >= 0.3 is 0 Å². The summed E-state index contributed by atoms with van der Waals surface area (Å²) in [6, 6.07) is 15.0. The standard InChI is InChI=1S/C16H14ClNOS2/c17-13-2-1-3-14(10-13)18-15(19)11-4-6-12(7-5-11)16-20-8-9-21-16/h1-7,10,16H,8-9H2,(H,18,19). The third kappa shape index (κ3) is 3.76. The highest BCUT2D eigenvalue weighted by molar-refractivity contribution is 8.19. The number of rotatable bonds is 3. The molecular weight excluding hydrogens is 322 g/mol. The van der Waals surface area contributed by atoms with Crippen molar-refractivity contribution in [2.45, 2.75) is 4.58 Å². The van der Waals surface area contributed by atoms with Crippen LogP contribution in [-0.2, 0) is 0 Å². The summed E-state index contributed by atoms with van der Waals surface area (Å²) in [5.41, 5.74) is 2.65. The second-order valence-electron chi connectivity index (χ2n) is 4.66. The molecule has 108 valence electrons. The van der Waals surface area contributed by atoms with E-state index in [9.17, 15) is 4.79 Å². The Balaban J connectivity index is 1.70. The van der Waals surface area contributed by atoms with Crippen LogP contribution in [0.1, 0.15) is 20.5 Å². The van der Waals surface area contributed by atoms with Crippen molar-refractivity contribution in [2.24, 2.45) is 0 Å². The van der Waals surface area contributed by atoms with Crippen LogP contribution in [0.5, 0.6) is 0 Å². The molecule has 1 saturated heterocycles. The van der Waals surface area contributed by atoms with E-state index in [4.69, 9.17) is 11.6 Å². The molecule has 0 aromatic heterocycles. The summed E-state index contributed by atoms with van der Waals surface area (Å²) in [4.78, 5) is 12.2. The fourth-order valence-electron chi connectivity index (χ4n) is 2.11. The van der Waals surface area contributed by atoms with Crippen LogP contribution < -0.4 is 5.32 Å². The van der Waals surface area contributed by atoms with Gasteiger partial charge in [-0.05, 0) is 35.9 Å². The molecule has 0 bridgehead atoms. The number of anilines is 1. The van der Waals surface area contributed by atoms with E-state index in [1.165, 1.54) is 17.1 Å². The third-order valence-electron chi connectivity index (χ3n) is 3.15. The number of nitrogens with one attached hydrogen (secondary N) is 1. The van der Waals surface area contributed by atoms with Gasteiger partial charge < -0.3 is 5.32 Å². The summed E-state index contributed by atoms with van der Waals surface area (Å²) in [6.07, 6.45) is 0. The molecule has 1 amide bonds. The maximum absolute atomic E-state index is 12.2. The summed E-state index contributed by atoms with van der Waals surface area (Å²) in [7, 11) is 0. The van der Waals surface area contributed by atoms with Gasteiger partial charge in [-0.25, -0.2) is 0 Å². The molecule has 5 heteroatoms. The number of benzene rings is 2. The molecule has 3 rings (SSSR count). The van der Waals surface area contributed by atoms with Crippen molar-refractivity contribution in [3.63, 3.8) is 0 Å². The van der Waals surface area contributed by atoms with E-state index in [1.54, 1.807) is 12.1 Å². The highest BCUT2D eigenvalue weighted by Gasteiger charge is 2.18. The molecule has 0 atom stereocenters. The first kappa shape index (κ1) is 14.8.